The van der Waals surface area contributed by atoms with Crippen LogP contribution in [0.25, 0.3) is 0 Å². The summed E-state index contributed by atoms with van der Waals surface area (Å²) >= 11 is 0. The molecule has 33 heavy (non-hydrogen) atoms. The lowest BCUT2D eigenvalue weighted by molar-refractivity contribution is -0.0500. The largest absolute Gasteiger partial charge is 0.534 e. The first-order chi connectivity index (χ1) is 15.3. The van der Waals surface area contributed by atoms with Gasteiger partial charge < -0.3 is 4.18 Å². The molecule has 12 heteroatoms. The van der Waals surface area contributed by atoms with Crippen molar-refractivity contribution < 1.29 is 34.2 Å². The van der Waals surface area contributed by atoms with E-state index in [2.05, 4.69) is 16.0 Å². The third-order valence-corrected chi connectivity index (χ3v) is 8.71. The van der Waals surface area contributed by atoms with Crippen molar-refractivity contribution in [2.24, 2.45) is 5.92 Å². The number of alkyl halides is 3. The van der Waals surface area contributed by atoms with Crippen molar-refractivity contribution in [1.29, 1.82) is 0 Å². The number of halogens is 3. The van der Waals surface area contributed by atoms with Gasteiger partial charge in [0.1, 0.15) is 5.75 Å². The summed E-state index contributed by atoms with van der Waals surface area (Å²) in [6, 6.07) is 4.49. The van der Waals surface area contributed by atoms with Gasteiger partial charge in [-0.2, -0.15) is 21.6 Å². The molecule has 1 saturated heterocycles. The third-order valence-electron chi connectivity index (χ3n) is 6.43. The molecular formula is C21H31F3N2O5S2. The van der Waals surface area contributed by atoms with Crippen molar-refractivity contribution in [2.45, 2.75) is 57.0 Å². The molecule has 0 bridgehead atoms. The van der Waals surface area contributed by atoms with E-state index >= 15 is 0 Å². The maximum absolute atomic E-state index is 12.7. The molecule has 1 aromatic carbocycles. The maximum Gasteiger partial charge on any atom is 0.534 e. The first kappa shape index (κ1) is 26.2. The van der Waals surface area contributed by atoms with Gasteiger partial charge in [-0.05, 0) is 74.2 Å². The highest BCUT2D eigenvalue weighted by atomic mass is 32.2. The van der Waals surface area contributed by atoms with Gasteiger partial charge >= 0.3 is 15.6 Å². The van der Waals surface area contributed by atoms with E-state index < -0.39 is 25.6 Å². The minimum Gasteiger partial charge on any atom is -0.376 e. The maximum atomic E-state index is 12.7. The zero-order chi connectivity index (χ0) is 24.4. The number of benzene rings is 1. The van der Waals surface area contributed by atoms with E-state index in [-0.39, 0.29) is 11.8 Å². The topological polar surface area (TPSA) is 84.0 Å². The van der Waals surface area contributed by atoms with E-state index in [1.54, 1.807) is 6.07 Å². The number of piperidine rings is 1. The van der Waals surface area contributed by atoms with Crippen LogP contribution in [0, 0.1) is 5.92 Å². The Bertz CT molecular complexity index is 1040. The van der Waals surface area contributed by atoms with Gasteiger partial charge in [0.15, 0.2) is 0 Å². The van der Waals surface area contributed by atoms with Crippen LogP contribution in [0.5, 0.6) is 5.75 Å². The number of aryl methyl sites for hydroxylation is 1. The van der Waals surface area contributed by atoms with E-state index in [1.807, 2.05) is 0 Å². The van der Waals surface area contributed by atoms with E-state index in [0.717, 1.165) is 56.3 Å². The number of nitrogens with zero attached hydrogens (tertiary/aromatic N) is 2. The Labute approximate surface area is 194 Å². The summed E-state index contributed by atoms with van der Waals surface area (Å²) in [7, 11) is -8.88. The van der Waals surface area contributed by atoms with Crippen molar-refractivity contribution in [2.75, 3.05) is 32.4 Å². The Balaban J connectivity index is 1.68. The molecular weight excluding hydrogens is 481 g/mol. The molecule has 1 aromatic rings. The monoisotopic (exact) mass is 512 g/mol. The fourth-order valence-corrected chi connectivity index (χ4v) is 6.04. The standard InChI is InChI=1S/C21H31F3N2O5S2/c1-3-10-25(15-16-8-11-26(12-9-16)32(2,27)28)19-6-4-17-5-7-20(14-18(17)13-19)31-33(29,30)21(22,23)24/h5,7,14,16,19H,3-4,6,8-13,15H2,1-2H3. The molecule has 3 rings (SSSR count). The van der Waals surface area contributed by atoms with Crippen molar-refractivity contribution in [3.05, 3.63) is 29.3 Å². The molecule has 1 atom stereocenters. The molecule has 1 heterocycles. The summed E-state index contributed by atoms with van der Waals surface area (Å²) in [5.74, 6) is 0.0458. The fraction of sp³-hybridized carbons (Fsp3) is 0.714. The van der Waals surface area contributed by atoms with Crippen LogP contribution in [0.4, 0.5) is 13.2 Å². The second kappa shape index (κ2) is 10.1. The number of hydrogen-bond acceptors (Lipinski definition) is 6. The second-order valence-corrected chi connectivity index (χ2v) is 12.4. The molecule has 0 amide bonds. The zero-order valence-electron chi connectivity index (χ0n) is 18.8. The molecule has 1 aliphatic heterocycles. The van der Waals surface area contributed by atoms with Crippen LogP contribution in [-0.2, 0) is 33.0 Å². The van der Waals surface area contributed by atoms with Gasteiger partial charge in [0.05, 0.1) is 6.26 Å². The van der Waals surface area contributed by atoms with Gasteiger partial charge in [-0.25, -0.2) is 12.7 Å². The van der Waals surface area contributed by atoms with Gasteiger partial charge in [-0.15, -0.1) is 0 Å². The van der Waals surface area contributed by atoms with Crippen LogP contribution in [0.2, 0.25) is 0 Å². The number of rotatable bonds is 8. The lowest BCUT2D eigenvalue weighted by Gasteiger charge is -2.39. The molecule has 1 unspecified atom stereocenters. The van der Waals surface area contributed by atoms with E-state index in [0.29, 0.717) is 25.4 Å². The van der Waals surface area contributed by atoms with Gasteiger partial charge in [-0.1, -0.05) is 13.0 Å². The minimum atomic E-state index is -5.71. The number of hydrogen-bond donors (Lipinski definition) is 0. The summed E-state index contributed by atoms with van der Waals surface area (Å²) < 4.78 is 90.1. The Morgan fingerprint density at radius 1 is 1.09 bits per heavy atom. The molecule has 0 radical (unpaired) electrons. The van der Waals surface area contributed by atoms with Crippen LogP contribution in [-0.4, -0.2) is 70.0 Å². The highest BCUT2D eigenvalue weighted by molar-refractivity contribution is 7.88. The predicted molar refractivity (Wildman–Crippen MR) is 119 cm³/mol. The van der Waals surface area contributed by atoms with E-state index in [4.69, 9.17) is 0 Å². The molecule has 0 N–H and O–H groups in total. The van der Waals surface area contributed by atoms with E-state index in [9.17, 15) is 30.0 Å². The van der Waals surface area contributed by atoms with Crippen molar-refractivity contribution in [3.8, 4) is 5.75 Å². The van der Waals surface area contributed by atoms with Gasteiger partial charge in [-0.3, -0.25) is 4.90 Å². The number of sulfonamides is 1. The molecule has 0 aromatic heterocycles. The quantitative estimate of drug-likeness (QED) is 0.393. The molecule has 0 spiro atoms. The highest BCUT2D eigenvalue weighted by Gasteiger charge is 2.48. The highest BCUT2D eigenvalue weighted by Crippen LogP contribution is 2.32. The van der Waals surface area contributed by atoms with Crippen molar-refractivity contribution in [3.63, 3.8) is 0 Å². The average molecular weight is 513 g/mol. The molecule has 188 valence electrons. The zero-order valence-corrected chi connectivity index (χ0v) is 20.5. The summed E-state index contributed by atoms with van der Waals surface area (Å²) in [6.45, 7) is 4.83. The average Bonchev–Trinajstić information content (AvgIpc) is 2.71. The Kier molecular flexibility index (Phi) is 8.02. The van der Waals surface area contributed by atoms with Crippen LogP contribution >= 0.6 is 0 Å². The Morgan fingerprint density at radius 3 is 2.33 bits per heavy atom. The first-order valence-corrected chi connectivity index (χ1v) is 14.4. The smallest absolute Gasteiger partial charge is 0.376 e. The van der Waals surface area contributed by atoms with E-state index in [1.165, 1.54) is 22.7 Å². The SMILES string of the molecule is CCCN(CC1CCN(S(C)(=O)=O)CC1)C1CCc2ccc(OS(=O)(=O)C(F)(F)F)cc2C1. The van der Waals surface area contributed by atoms with Crippen LogP contribution in [0.15, 0.2) is 18.2 Å². The summed E-state index contributed by atoms with van der Waals surface area (Å²) in [4.78, 5) is 2.39. The molecule has 7 nitrogen and oxygen atoms in total. The summed E-state index contributed by atoms with van der Waals surface area (Å²) in [5.41, 5.74) is -3.69. The Morgan fingerprint density at radius 2 is 1.76 bits per heavy atom. The Hall–Kier alpha value is -1.37. The lowest BCUT2D eigenvalue weighted by Crippen LogP contribution is -2.45. The molecule has 2 aliphatic rings. The van der Waals surface area contributed by atoms with Gasteiger partial charge in [0.25, 0.3) is 0 Å². The minimum absolute atomic E-state index is 0.180. The third kappa shape index (κ3) is 6.61. The van der Waals surface area contributed by atoms with Gasteiger partial charge in [0, 0.05) is 25.7 Å². The fourth-order valence-electron chi connectivity index (χ4n) is 4.72. The summed E-state index contributed by atoms with van der Waals surface area (Å²) in [6.07, 6.45) is 6.01. The van der Waals surface area contributed by atoms with Crippen molar-refractivity contribution >= 4 is 20.1 Å². The van der Waals surface area contributed by atoms with Crippen LogP contribution in [0.1, 0.15) is 43.7 Å². The van der Waals surface area contributed by atoms with Crippen LogP contribution < -0.4 is 4.18 Å². The predicted octanol–water partition coefficient (Wildman–Crippen LogP) is 3.16. The number of fused-ring (bicyclic) bond motifs is 1. The summed E-state index contributed by atoms with van der Waals surface area (Å²) in [5, 5.41) is 0. The molecule has 1 aliphatic carbocycles. The second-order valence-electron chi connectivity index (χ2n) is 8.91. The lowest BCUT2D eigenvalue weighted by atomic mass is 9.86. The molecule has 0 saturated carbocycles. The normalized spacial score (nSPS) is 21.2. The van der Waals surface area contributed by atoms with Crippen molar-refractivity contribution in [1.82, 2.24) is 9.21 Å². The first-order valence-electron chi connectivity index (χ1n) is 11.1. The van der Waals surface area contributed by atoms with Crippen LogP contribution in [0.3, 0.4) is 0 Å². The van der Waals surface area contributed by atoms with Gasteiger partial charge in [0.2, 0.25) is 10.0 Å². The molecule has 1 fully saturated rings.